The molecule has 3 N–H and O–H groups in total. The molecule has 2 rings (SSSR count). The first-order valence-electron chi connectivity index (χ1n) is 5.29. The van der Waals surface area contributed by atoms with Crippen LogP contribution in [0.25, 0.3) is 0 Å². The van der Waals surface area contributed by atoms with Gasteiger partial charge < -0.3 is 10.5 Å². The summed E-state index contributed by atoms with van der Waals surface area (Å²) in [5.41, 5.74) is 7.95. The van der Waals surface area contributed by atoms with Gasteiger partial charge >= 0.3 is 6.61 Å². The van der Waals surface area contributed by atoms with Crippen molar-refractivity contribution >= 4 is 28.5 Å². The van der Waals surface area contributed by atoms with E-state index in [-0.39, 0.29) is 5.56 Å². The Kier molecular flexibility index (Phi) is 4.41. The van der Waals surface area contributed by atoms with Crippen LogP contribution in [0.3, 0.4) is 0 Å². The first kappa shape index (κ1) is 14.1. The van der Waals surface area contributed by atoms with Crippen molar-refractivity contribution < 1.29 is 17.9 Å². The summed E-state index contributed by atoms with van der Waals surface area (Å²) in [5.74, 6) is -1.12. The summed E-state index contributed by atoms with van der Waals surface area (Å²) in [7, 11) is 0. The van der Waals surface area contributed by atoms with Crippen LogP contribution in [0.4, 0.5) is 24.1 Å². The lowest BCUT2D eigenvalue weighted by Crippen LogP contribution is -2.05. The number of alkyl halides is 2. The fourth-order valence-corrected chi connectivity index (χ4v) is 1.86. The standard InChI is InChI=1S/C11H9F3N4OS/c12-9-6(2-1-3-7(9)19-10(13)14)4-16-18-11-17-8(15)5-20-11/h1-5,10H,15H2,(H,17,18). The number of nitrogens with one attached hydrogen (secondary N) is 1. The lowest BCUT2D eigenvalue weighted by atomic mass is 10.2. The van der Waals surface area contributed by atoms with E-state index < -0.39 is 18.2 Å². The average Bonchev–Trinajstić information content (AvgIpc) is 2.79. The van der Waals surface area contributed by atoms with Crippen molar-refractivity contribution in [3.05, 3.63) is 35.0 Å². The first-order valence-corrected chi connectivity index (χ1v) is 6.17. The molecular formula is C11H9F3N4OS. The molecule has 0 aliphatic rings. The zero-order valence-electron chi connectivity index (χ0n) is 9.89. The summed E-state index contributed by atoms with van der Waals surface area (Å²) >= 11 is 1.22. The van der Waals surface area contributed by atoms with Crippen LogP contribution in [0.5, 0.6) is 5.75 Å². The van der Waals surface area contributed by atoms with Gasteiger partial charge in [0.15, 0.2) is 11.6 Å². The molecule has 0 saturated carbocycles. The van der Waals surface area contributed by atoms with Crippen LogP contribution in [-0.4, -0.2) is 17.8 Å². The van der Waals surface area contributed by atoms with E-state index in [1.165, 1.54) is 23.5 Å². The average molecular weight is 302 g/mol. The number of thiazole rings is 1. The lowest BCUT2D eigenvalue weighted by molar-refractivity contribution is -0.0521. The Balaban J connectivity index is 2.09. The Morgan fingerprint density at radius 2 is 2.25 bits per heavy atom. The molecule has 0 aliphatic carbocycles. The van der Waals surface area contributed by atoms with Gasteiger partial charge in [0.25, 0.3) is 0 Å². The second-order valence-corrected chi connectivity index (χ2v) is 4.34. The van der Waals surface area contributed by atoms with E-state index in [1.807, 2.05) is 0 Å². The molecule has 9 heteroatoms. The summed E-state index contributed by atoms with van der Waals surface area (Å²) < 4.78 is 41.9. The van der Waals surface area contributed by atoms with E-state index in [1.54, 1.807) is 5.38 Å². The molecule has 5 nitrogen and oxygen atoms in total. The maximum absolute atomic E-state index is 13.8. The van der Waals surface area contributed by atoms with Gasteiger partial charge in [-0.3, -0.25) is 5.43 Å². The predicted octanol–water partition coefficient (Wildman–Crippen LogP) is 2.91. The van der Waals surface area contributed by atoms with E-state index in [4.69, 9.17) is 5.73 Å². The van der Waals surface area contributed by atoms with Gasteiger partial charge in [0.1, 0.15) is 5.82 Å². The number of hydrogen-bond acceptors (Lipinski definition) is 6. The molecule has 0 amide bonds. The number of nitrogens with zero attached hydrogens (tertiary/aromatic N) is 2. The normalized spacial score (nSPS) is 11.2. The quantitative estimate of drug-likeness (QED) is 0.658. The number of nitrogen functional groups attached to an aromatic ring is 1. The number of rotatable bonds is 5. The highest BCUT2D eigenvalue weighted by atomic mass is 32.1. The number of anilines is 2. The Hall–Kier alpha value is -2.29. The second-order valence-electron chi connectivity index (χ2n) is 3.49. The Morgan fingerprint density at radius 3 is 2.90 bits per heavy atom. The number of hydrazone groups is 1. The van der Waals surface area contributed by atoms with Crippen LogP contribution in [0, 0.1) is 5.82 Å². The van der Waals surface area contributed by atoms with Crippen molar-refractivity contribution in [3.8, 4) is 5.75 Å². The number of aromatic nitrogens is 1. The largest absolute Gasteiger partial charge is 0.432 e. The summed E-state index contributed by atoms with van der Waals surface area (Å²) in [6.07, 6.45) is 1.13. The summed E-state index contributed by atoms with van der Waals surface area (Å²) in [4.78, 5) is 3.88. The van der Waals surface area contributed by atoms with Crippen molar-refractivity contribution in [3.63, 3.8) is 0 Å². The predicted molar refractivity (Wildman–Crippen MR) is 70.8 cm³/mol. The molecule has 1 aromatic carbocycles. The fraction of sp³-hybridized carbons (Fsp3) is 0.0909. The highest BCUT2D eigenvalue weighted by Gasteiger charge is 2.12. The number of halogens is 3. The van der Waals surface area contributed by atoms with Gasteiger partial charge in [-0.25, -0.2) is 9.37 Å². The van der Waals surface area contributed by atoms with E-state index in [0.29, 0.717) is 10.9 Å². The van der Waals surface area contributed by atoms with E-state index in [2.05, 4.69) is 20.2 Å². The highest BCUT2D eigenvalue weighted by molar-refractivity contribution is 7.14. The molecule has 0 spiro atoms. The monoisotopic (exact) mass is 302 g/mol. The van der Waals surface area contributed by atoms with Crippen LogP contribution in [0.1, 0.15) is 5.56 Å². The Morgan fingerprint density at radius 1 is 1.45 bits per heavy atom. The van der Waals surface area contributed by atoms with Gasteiger partial charge in [0.05, 0.1) is 6.21 Å². The molecule has 20 heavy (non-hydrogen) atoms. The number of benzene rings is 1. The first-order chi connectivity index (χ1) is 9.56. The van der Waals surface area contributed by atoms with Crippen molar-refractivity contribution in [2.45, 2.75) is 6.61 Å². The van der Waals surface area contributed by atoms with Gasteiger partial charge in [0.2, 0.25) is 5.13 Å². The third kappa shape index (κ3) is 3.60. The van der Waals surface area contributed by atoms with E-state index in [0.717, 1.165) is 12.3 Å². The minimum absolute atomic E-state index is 0.000165. The molecule has 0 fully saturated rings. The SMILES string of the molecule is Nc1csc(NN=Cc2cccc(OC(F)F)c2F)n1. The van der Waals surface area contributed by atoms with Gasteiger partial charge in [-0.1, -0.05) is 12.1 Å². The van der Waals surface area contributed by atoms with Gasteiger partial charge in [-0.2, -0.15) is 13.9 Å². The van der Waals surface area contributed by atoms with Gasteiger partial charge in [-0.15, -0.1) is 11.3 Å². The summed E-state index contributed by atoms with van der Waals surface area (Å²) in [6.45, 7) is -3.09. The van der Waals surface area contributed by atoms with Crippen LogP contribution >= 0.6 is 11.3 Å². The van der Waals surface area contributed by atoms with Gasteiger partial charge in [-0.05, 0) is 6.07 Å². The molecule has 0 radical (unpaired) electrons. The third-order valence-corrected chi connectivity index (χ3v) is 2.86. The molecule has 0 bridgehead atoms. The van der Waals surface area contributed by atoms with Gasteiger partial charge in [0, 0.05) is 10.9 Å². The molecule has 0 aliphatic heterocycles. The number of nitrogens with two attached hydrogens (primary N) is 1. The lowest BCUT2D eigenvalue weighted by Gasteiger charge is -2.06. The third-order valence-electron chi connectivity index (χ3n) is 2.09. The number of ether oxygens (including phenoxy) is 1. The maximum Gasteiger partial charge on any atom is 0.387 e. The second kappa shape index (κ2) is 6.24. The number of hydrogen-bond donors (Lipinski definition) is 2. The fourth-order valence-electron chi connectivity index (χ4n) is 1.31. The molecule has 0 saturated heterocycles. The van der Waals surface area contributed by atoms with Crippen LogP contribution in [0.2, 0.25) is 0 Å². The zero-order chi connectivity index (χ0) is 14.5. The van der Waals surface area contributed by atoms with Crippen molar-refractivity contribution in [1.82, 2.24) is 4.98 Å². The molecule has 106 valence electrons. The molecule has 0 unspecified atom stereocenters. The van der Waals surface area contributed by atoms with E-state index >= 15 is 0 Å². The smallest absolute Gasteiger partial charge is 0.387 e. The molecular weight excluding hydrogens is 293 g/mol. The van der Waals surface area contributed by atoms with Crippen molar-refractivity contribution in [1.29, 1.82) is 0 Å². The maximum atomic E-state index is 13.8. The molecule has 1 heterocycles. The summed E-state index contributed by atoms with van der Waals surface area (Å²) in [5, 5.41) is 5.78. The van der Waals surface area contributed by atoms with Crippen molar-refractivity contribution in [2.75, 3.05) is 11.2 Å². The molecule has 0 atom stereocenters. The Bertz CT molecular complexity index is 617. The highest BCUT2D eigenvalue weighted by Crippen LogP contribution is 2.21. The molecule has 2 aromatic rings. The van der Waals surface area contributed by atoms with E-state index in [9.17, 15) is 13.2 Å². The minimum Gasteiger partial charge on any atom is -0.432 e. The topological polar surface area (TPSA) is 72.5 Å². The molecule has 1 aromatic heterocycles. The van der Waals surface area contributed by atoms with Crippen molar-refractivity contribution in [2.24, 2.45) is 5.10 Å². The Labute approximate surface area is 115 Å². The minimum atomic E-state index is -3.09. The van der Waals surface area contributed by atoms with Crippen LogP contribution in [-0.2, 0) is 0 Å². The van der Waals surface area contributed by atoms with Crippen LogP contribution in [0.15, 0.2) is 28.7 Å². The zero-order valence-corrected chi connectivity index (χ0v) is 10.7. The van der Waals surface area contributed by atoms with Crippen LogP contribution < -0.4 is 15.9 Å². The summed E-state index contributed by atoms with van der Waals surface area (Å²) in [6, 6.07) is 3.85.